The number of rotatable bonds is 3. The molecule has 2 aliphatic heterocycles. The number of benzene rings is 1. The highest BCUT2D eigenvalue weighted by Gasteiger charge is 2.43. The first-order valence-electron chi connectivity index (χ1n) is 7.51. The van der Waals surface area contributed by atoms with Crippen molar-refractivity contribution in [1.29, 1.82) is 5.26 Å². The largest absolute Gasteiger partial charge is 0.496 e. The fourth-order valence-electron chi connectivity index (χ4n) is 2.92. The number of ether oxygens (including phenoxy) is 2. The SMILES string of the molecule is COC(=O)C1=C(C)N=C2SC(C#N)=C(N)N2[C@@H]1c1cc(Br)ccc1OC. The van der Waals surface area contributed by atoms with Gasteiger partial charge in [-0.05, 0) is 36.9 Å². The maximum Gasteiger partial charge on any atom is 0.338 e. The lowest BCUT2D eigenvalue weighted by Crippen LogP contribution is -2.38. The summed E-state index contributed by atoms with van der Waals surface area (Å²) in [6.07, 6.45) is 0. The molecule has 2 heterocycles. The van der Waals surface area contributed by atoms with E-state index in [0.717, 1.165) is 4.47 Å². The number of halogens is 1. The molecule has 0 unspecified atom stereocenters. The lowest BCUT2D eigenvalue weighted by molar-refractivity contribution is -0.136. The Kier molecular flexibility index (Phi) is 4.98. The normalized spacial score (nSPS) is 19.1. The van der Waals surface area contributed by atoms with Crippen molar-refractivity contribution >= 4 is 38.8 Å². The van der Waals surface area contributed by atoms with E-state index in [1.54, 1.807) is 25.0 Å². The van der Waals surface area contributed by atoms with Crippen LogP contribution in [-0.2, 0) is 9.53 Å². The Labute approximate surface area is 163 Å². The predicted molar refractivity (Wildman–Crippen MR) is 102 cm³/mol. The molecule has 9 heteroatoms. The molecule has 3 rings (SSSR count). The van der Waals surface area contributed by atoms with Gasteiger partial charge in [0.2, 0.25) is 0 Å². The summed E-state index contributed by atoms with van der Waals surface area (Å²) < 4.78 is 11.3. The molecule has 0 aliphatic carbocycles. The number of carbonyl (C=O) groups is 1. The Morgan fingerprint density at radius 3 is 2.81 bits per heavy atom. The zero-order valence-corrected chi connectivity index (χ0v) is 16.6. The van der Waals surface area contributed by atoms with Crippen LogP contribution in [0.2, 0.25) is 0 Å². The molecular formula is C17H15BrN4O3S. The van der Waals surface area contributed by atoms with Crippen LogP contribution in [0.1, 0.15) is 18.5 Å². The highest BCUT2D eigenvalue weighted by Crippen LogP contribution is 2.47. The number of carbonyl (C=O) groups excluding carboxylic acids is 1. The van der Waals surface area contributed by atoms with Crippen molar-refractivity contribution in [2.24, 2.45) is 10.7 Å². The third-order valence-electron chi connectivity index (χ3n) is 4.07. The number of amidine groups is 1. The van der Waals surface area contributed by atoms with Crippen molar-refractivity contribution in [3.05, 3.63) is 50.2 Å². The van der Waals surface area contributed by atoms with Crippen LogP contribution in [-0.4, -0.2) is 30.3 Å². The van der Waals surface area contributed by atoms with Crippen molar-refractivity contribution in [3.63, 3.8) is 0 Å². The van der Waals surface area contributed by atoms with Gasteiger partial charge in [0, 0.05) is 10.0 Å². The van der Waals surface area contributed by atoms with E-state index in [-0.39, 0.29) is 5.82 Å². The Bertz CT molecular complexity index is 932. The fourth-order valence-corrected chi connectivity index (χ4v) is 4.22. The molecule has 0 bridgehead atoms. The van der Waals surface area contributed by atoms with Crippen molar-refractivity contribution in [2.45, 2.75) is 13.0 Å². The van der Waals surface area contributed by atoms with E-state index in [0.29, 0.717) is 32.7 Å². The van der Waals surface area contributed by atoms with Crippen molar-refractivity contribution in [1.82, 2.24) is 4.90 Å². The Balaban J connectivity index is 2.29. The standard InChI is InChI=1S/C17H15BrN4O3S/c1-8-13(16(23)25-3)14(10-6-9(18)4-5-11(10)24-2)22-15(20)12(7-19)26-17(22)21-8/h4-6,14H,20H2,1-3H3/t14-/m1/s1. The van der Waals surface area contributed by atoms with Crippen LogP contribution in [0.25, 0.3) is 0 Å². The number of allylic oxidation sites excluding steroid dienone is 2. The van der Waals surface area contributed by atoms with E-state index >= 15 is 0 Å². The summed E-state index contributed by atoms with van der Waals surface area (Å²) in [4.78, 5) is 19.0. The molecule has 0 fully saturated rings. The number of aliphatic imine (C=N–C) groups is 1. The van der Waals surface area contributed by atoms with Crippen LogP contribution in [0.3, 0.4) is 0 Å². The van der Waals surface area contributed by atoms with E-state index < -0.39 is 12.0 Å². The molecule has 0 saturated carbocycles. The number of nitriles is 1. The second-order valence-corrected chi connectivity index (χ2v) is 7.37. The molecule has 0 aromatic heterocycles. The Hall–Kier alpha value is -2.44. The van der Waals surface area contributed by atoms with Gasteiger partial charge < -0.3 is 15.2 Å². The molecule has 0 spiro atoms. The van der Waals surface area contributed by atoms with Crippen LogP contribution in [0.15, 0.2) is 49.7 Å². The van der Waals surface area contributed by atoms with Crippen molar-refractivity contribution < 1.29 is 14.3 Å². The van der Waals surface area contributed by atoms with Gasteiger partial charge >= 0.3 is 5.97 Å². The number of hydrogen-bond acceptors (Lipinski definition) is 8. The number of esters is 1. The molecular weight excluding hydrogens is 420 g/mol. The Morgan fingerprint density at radius 1 is 1.46 bits per heavy atom. The van der Waals surface area contributed by atoms with E-state index in [2.05, 4.69) is 27.0 Å². The average molecular weight is 435 g/mol. The fraction of sp³-hybridized carbons (Fsp3) is 0.235. The molecule has 26 heavy (non-hydrogen) atoms. The summed E-state index contributed by atoms with van der Waals surface area (Å²) in [6, 6.07) is 6.94. The number of nitrogens with two attached hydrogens (primary N) is 1. The van der Waals surface area contributed by atoms with Crippen molar-refractivity contribution in [2.75, 3.05) is 14.2 Å². The van der Waals surface area contributed by atoms with Crippen LogP contribution in [0, 0.1) is 11.3 Å². The van der Waals surface area contributed by atoms with Crippen molar-refractivity contribution in [3.8, 4) is 11.8 Å². The van der Waals surface area contributed by atoms with Gasteiger partial charge in [-0.15, -0.1) is 0 Å². The zero-order valence-electron chi connectivity index (χ0n) is 14.2. The molecule has 1 aromatic carbocycles. The molecule has 0 saturated heterocycles. The summed E-state index contributed by atoms with van der Waals surface area (Å²) in [6.45, 7) is 1.73. The molecule has 2 aliphatic rings. The minimum absolute atomic E-state index is 0.247. The Morgan fingerprint density at radius 2 is 2.19 bits per heavy atom. The zero-order chi connectivity index (χ0) is 19.0. The average Bonchev–Trinajstić information content (AvgIpc) is 2.95. The molecule has 2 N–H and O–H groups in total. The molecule has 1 atom stereocenters. The highest BCUT2D eigenvalue weighted by atomic mass is 79.9. The van der Waals surface area contributed by atoms with Gasteiger partial charge in [0.05, 0.1) is 25.5 Å². The number of thioether (sulfide) groups is 1. The van der Waals surface area contributed by atoms with Gasteiger partial charge in [-0.25, -0.2) is 9.79 Å². The quantitative estimate of drug-likeness (QED) is 0.729. The molecule has 134 valence electrons. The van der Waals surface area contributed by atoms with E-state index in [9.17, 15) is 10.1 Å². The van der Waals surface area contributed by atoms with Gasteiger partial charge in [-0.1, -0.05) is 15.9 Å². The van der Waals surface area contributed by atoms with Gasteiger partial charge in [-0.3, -0.25) is 4.90 Å². The minimum Gasteiger partial charge on any atom is -0.496 e. The highest BCUT2D eigenvalue weighted by molar-refractivity contribution is 9.10. The van der Waals surface area contributed by atoms with E-state index in [1.165, 1.54) is 18.9 Å². The van der Waals surface area contributed by atoms with Gasteiger partial charge in [-0.2, -0.15) is 5.26 Å². The second kappa shape index (κ2) is 7.05. The first-order chi connectivity index (χ1) is 12.4. The lowest BCUT2D eigenvalue weighted by Gasteiger charge is -2.35. The smallest absolute Gasteiger partial charge is 0.338 e. The number of hydrogen-bond donors (Lipinski definition) is 1. The first-order valence-corrected chi connectivity index (χ1v) is 9.12. The summed E-state index contributed by atoms with van der Waals surface area (Å²) in [5.74, 6) is 0.314. The monoisotopic (exact) mass is 434 g/mol. The second-order valence-electron chi connectivity index (χ2n) is 5.47. The maximum absolute atomic E-state index is 12.5. The van der Waals surface area contributed by atoms with Crippen LogP contribution in [0.4, 0.5) is 0 Å². The third kappa shape index (κ3) is 2.85. The number of nitrogens with zero attached hydrogens (tertiary/aromatic N) is 3. The summed E-state index contributed by atoms with van der Waals surface area (Å²) in [7, 11) is 2.87. The van der Waals surface area contributed by atoms with Crippen LogP contribution < -0.4 is 10.5 Å². The van der Waals surface area contributed by atoms with Crippen LogP contribution >= 0.6 is 27.7 Å². The molecule has 0 radical (unpaired) electrons. The van der Waals surface area contributed by atoms with Crippen LogP contribution in [0.5, 0.6) is 5.75 Å². The lowest BCUT2D eigenvalue weighted by atomic mass is 9.93. The molecule has 7 nitrogen and oxygen atoms in total. The van der Waals surface area contributed by atoms with E-state index in [1.807, 2.05) is 12.1 Å². The predicted octanol–water partition coefficient (Wildman–Crippen LogP) is 3.02. The summed E-state index contributed by atoms with van der Waals surface area (Å²) in [5.41, 5.74) is 7.76. The topological polar surface area (TPSA) is 101 Å². The maximum atomic E-state index is 12.5. The minimum atomic E-state index is -0.624. The van der Waals surface area contributed by atoms with Gasteiger partial charge in [0.25, 0.3) is 0 Å². The summed E-state index contributed by atoms with van der Waals surface area (Å²) in [5, 5.41) is 9.88. The summed E-state index contributed by atoms with van der Waals surface area (Å²) >= 11 is 4.63. The first kappa shape index (κ1) is 18.4. The van der Waals surface area contributed by atoms with Gasteiger partial charge in [0.15, 0.2) is 5.17 Å². The third-order valence-corrected chi connectivity index (χ3v) is 5.54. The number of fused-ring (bicyclic) bond motifs is 1. The number of methoxy groups -OCH3 is 2. The van der Waals surface area contributed by atoms with E-state index in [4.69, 9.17) is 15.2 Å². The molecule has 0 amide bonds. The molecule has 1 aromatic rings. The van der Waals surface area contributed by atoms with Gasteiger partial charge in [0.1, 0.15) is 28.6 Å².